The summed E-state index contributed by atoms with van der Waals surface area (Å²) < 4.78 is 11.8. The van der Waals surface area contributed by atoms with Gasteiger partial charge in [-0.05, 0) is 0 Å². The van der Waals surface area contributed by atoms with Crippen LogP contribution in [0.3, 0.4) is 0 Å². The van der Waals surface area contributed by atoms with Crippen molar-refractivity contribution in [2.24, 2.45) is 0 Å². The van der Waals surface area contributed by atoms with E-state index in [2.05, 4.69) is 0 Å². The lowest BCUT2D eigenvalue weighted by Gasteiger charge is -2.25. The van der Waals surface area contributed by atoms with Crippen LogP contribution in [0.15, 0.2) is 0 Å². The molecule has 7 nitrogen and oxygen atoms in total. The minimum atomic E-state index is -1.84. The van der Waals surface area contributed by atoms with E-state index in [1.807, 2.05) is 0 Å². The van der Waals surface area contributed by atoms with E-state index in [0.29, 0.717) is 0 Å². The third kappa shape index (κ3) is 4.19. The number of aliphatic hydroxyl groups excluding tert-OH is 4. The topological polar surface area (TPSA) is 127 Å². The molecule has 16 heavy (non-hydrogen) atoms. The molecule has 1 amide bonds. The summed E-state index contributed by atoms with van der Waals surface area (Å²) in [6, 6.07) is -1.56. The van der Waals surface area contributed by atoms with Crippen LogP contribution >= 0.6 is 0 Å². The molecule has 0 spiro atoms. The molecule has 0 aliphatic carbocycles. The van der Waals surface area contributed by atoms with Crippen molar-refractivity contribution in [3.63, 3.8) is 0 Å². The maximum Gasteiger partial charge on any atom is 0.252 e. The number of aldehydes is 1. The number of nitrogens with one attached hydrogen (secondary N) is 1. The molecule has 8 heteroatoms. The lowest BCUT2D eigenvalue weighted by molar-refractivity contribution is -0.131. The number of carbonyl (C=O) groups is 2. The first kappa shape index (κ1) is 14.9. The van der Waals surface area contributed by atoms with Crippen LogP contribution in [-0.4, -0.2) is 70.3 Å². The Morgan fingerprint density at radius 2 is 1.88 bits per heavy atom. The predicted molar refractivity (Wildman–Crippen MR) is 49.1 cm³/mol. The van der Waals surface area contributed by atoms with Crippen LogP contribution < -0.4 is 5.32 Å². The molecule has 0 aromatic heterocycles. The highest BCUT2D eigenvalue weighted by atomic mass is 19.1. The van der Waals surface area contributed by atoms with Crippen molar-refractivity contribution in [1.82, 2.24) is 5.32 Å². The van der Waals surface area contributed by atoms with E-state index >= 15 is 0 Å². The first-order valence-electron chi connectivity index (χ1n) is 4.43. The zero-order chi connectivity index (χ0) is 12.7. The second kappa shape index (κ2) is 7.23. The molecule has 0 aliphatic heterocycles. The zero-order valence-electron chi connectivity index (χ0n) is 8.28. The number of alkyl halides is 1. The minimum Gasteiger partial charge on any atom is -0.394 e. The summed E-state index contributed by atoms with van der Waals surface area (Å²) in [5.74, 6) is -1.14. The SMILES string of the molecule is O=C[C@H](NC(=O)CF)[C@@H](O)[C@@H](O)[C@H](O)CO. The largest absolute Gasteiger partial charge is 0.394 e. The molecule has 0 saturated carbocycles. The van der Waals surface area contributed by atoms with Crippen LogP contribution in [0.2, 0.25) is 0 Å². The van der Waals surface area contributed by atoms with Gasteiger partial charge in [-0.2, -0.15) is 0 Å². The monoisotopic (exact) mass is 239 g/mol. The highest BCUT2D eigenvalue weighted by Crippen LogP contribution is 2.03. The Balaban J connectivity index is 4.45. The molecule has 0 aromatic carbocycles. The fraction of sp³-hybridized carbons (Fsp3) is 0.750. The predicted octanol–water partition coefficient (Wildman–Crippen LogP) is -3.29. The van der Waals surface area contributed by atoms with Gasteiger partial charge >= 0.3 is 0 Å². The van der Waals surface area contributed by atoms with Crippen molar-refractivity contribution in [3.05, 3.63) is 0 Å². The third-order valence-electron chi connectivity index (χ3n) is 1.89. The zero-order valence-corrected chi connectivity index (χ0v) is 8.28. The summed E-state index contributed by atoms with van der Waals surface area (Å²) in [7, 11) is 0. The van der Waals surface area contributed by atoms with Crippen LogP contribution in [0.4, 0.5) is 4.39 Å². The quantitative estimate of drug-likeness (QED) is 0.296. The molecule has 4 atom stereocenters. The van der Waals surface area contributed by atoms with Gasteiger partial charge in [-0.25, -0.2) is 4.39 Å². The van der Waals surface area contributed by atoms with E-state index in [1.54, 1.807) is 5.32 Å². The molecule has 0 rings (SSSR count). The molecule has 94 valence electrons. The molecule has 0 saturated heterocycles. The number of halogens is 1. The van der Waals surface area contributed by atoms with Gasteiger partial charge in [-0.3, -0.25) is 4.79 Å². The van der Waals surface area contributed by atoms with E-state index in [0.717, 1.165) is 0 Å². The van der Waals surface area contributed by atoms with E-state index < -0.39 is 43.5 Å². The summed E-state index contributed by atoms with van der Waals surface area (Å²) in [6.07, 6.45) is -5.25. The Morgan fingerprint density at radius 1 is 1.31 bits per heavy atom. The van der Waals surface area contributed by atoms with E-state index in [9.17, 15) is 24.2 Å². The Bertz CT molecular complexity index is 239. The first-order chi connectivity index (χ1) is 7.47. The van der Waals surface area contributed by atoms with Crippen molar-refractivity contribution in [2.45, 2.75) is 24.4 Å². The highest BCUT2D eigenvalue weighted by molar-refractivity contribution is 5.80. The second-order valence-electron chi connectivity index (χ2n) is 3.09. The van der Waals surface area contributed by atoms with Crippen LogP contribution in [0.1, 0.15) is 0 Å². The summed E-state index contributed by atoms with van der Waals surface area (Å²) >= 11 is 0. The Hall–Kier alpha value is -1.09. The molecule has 0 aliphatic rings. The number of hydrogen-bond donors (Lipinski definition) is 5. The van der Waals surface area contributed by atoms with Gasteiger partial charge in [-0.1, -0.05) is 0 Å². The van der Waals surface area contributed by atoms with Gasteiger partial charge in [0.15, 0.2) is 6.67 Å². The molecule has 0 aromatic rings. The van der Waals surface area contributed by atoms with Gasteiger partial charge in [-0.15, -0.1) is 0 Å². The minimum absolute atomic E-state index is 0.0888. The Labute approximate surface area is 90.5 Å². The molecule has 5 N–H and O–H groups in total. The van der Waals surface area contributed by atoms with Gasteiger partial charge < -0.3 is 30.5 Å². The van der Waals surface area contributed by atoms with E-state index in [-0.39, 0.29) is 6.29 Å². The van der Waals surface area contributed by atoms with Crippen LogP contribution in [-0.2, 0) is 9.59 Å². The normalized spacial score (nSPS) is 18.3. The second-order valence-corrected chi connectivity index (χ2v) is 3.09. The molecular formula is C8H14FNO6. The van der Waals surface area contributed by atoms with Gasteiger partial charge in [0.1, 0.15) is 30.6 Å². The molecular weight excluding hydrogens is 225 g/mol. The van der Waals surface area contributed by atoms with Crippen molar-refractivity contribution in [2.75, 3.05) is 13.3 Å². The van der Waals surface area contributed by atoms with E-state index in [1.165, 1.54) is 0 Å². The lowest BCUT2D eigenvalue weighted by atomic mass is 10.0. The molecule has 0 heterocycles. The number of aliphatic hydroxyl groups is 4. The number of rotatable bonds is 7. The van der Waals surface area contributed by atoms with Crippen molar-refractivity contribution in [3.8, 4) is 0 Å². The molecule has 0 bridgehead atoms. The van der Waals surface area contributed by atoms with E-state index in [4.69, 9.17) is 10.2 Å². The number of hydrogen-bond acceptors (Lipinski definition) is 6. The summed E-state index contributed by atoms with van der Waals surface area (Å²) in [5, 5.41) is 37.8. The van der Waals surface area contributed by atoms with Crippen molar-refractivity contribution >= 4 is 12.2 Å². The Kier molecular flexibility index (Phi) is 6.74. The first-order valence-corrected chi connectivity index (χ1v) is 4.43. The molecule has 0 fully saturated rings. The van der Waals surface area contributed by atoms with Crippen molar-refractivity contribution in [1.29, 1.82) is 0 Å². The maximum absolute atomic E-state index is 11.8. The summed E-state index contributed by atoms with van der Waals surface area (Å²) in [6.45, 7) is -2.21. The standard InChI is InChI=1S/C8H14FNO6/c9-1-6(14)10-4(2-11)7(15)8(16)5(13)3-12/h2,4-5,7-8,12-13,15-16H,1,3H2,(H,10,14)/t4-,5+,7+,8-/m0/s1. The highest BCUT2D eigenvalue weighted by Gasteiger charge is 2.31. The number of amides is 1. The average Bonchev–Trinajstić information content (AvgIpc) is 2.32. The van der Waals surface area contributed by atoms with Crippen LogP contribution in [0, 0.1) is 0 Å². The number of carbonyl (C=O) groups excluding carboxylic acids is 2. The summed E-state index contributed by atoms with van der Waals surface area (Å²) in [5.41, 5.74) is 0. The van der Waals surface area contributed by atoms with Crippen LogP contribution in [0.25, 0.3) is 0 Å². The van der Waals surface area contributed by atoms with Gasteiger partial charge in [0.2, 0.25) is 0 Å². The fourth-order valence-electron chi connectivity index (χ4n) is 0.972. The summed E-state index contributed by atoms with van der Waals surface area (Å²) in [4.78, 5) is 21.1. The maximum atomic E-state index is 11.8. The Morgan fingerprint density at radius 3 is 2.25 bits per heavy atom. The average molecular weight is 239 g/mol. The van der Waals surface area contributed by atoms with Gasteiger partial charge in [0.25, 0.3) is 5.91 Å². The smallest absolute Gasteiger partial charge is 0.252 e. The van der Waals surface area contributed by atoms with Gasteiger partial charge in [0.05, 0.1) is 6.61 Å². The lowest BCUT2D eigenvalue weighted by Crippen LogP contribution is -2.53. The van der Waals surface area contributed by atoms with Crippen molar-refractivity contribution < 1.29 is 34.4 Å². The fourth-order valence-corrected chi connectivity index (χ4v) is 0.972. The molecule has 0 radical (unpaired) electrons. The molecule has 0 unspecified atom stereocenters. The third-order valence-corrected chi connectivity index (χ3v) is 1.89. The van der Waals surface area contributed by atoms with Crippen LogP contribution in [0.5, 0.6) is 0 Å². The van der Waals surface area contributed by atoms with Gasteiger partial charge in [0, 0.05) is 0 Å².